The smallest absolute Gasteiger partial charge is 0.276 e. The highest BCUT2D eigenvalue weighted by atomic mass is 16.3. The molecule has 0 radical (unpaired) electrons. The lowest BCUT2D eigenvalue weighted by atomic mass is 9.95. The molecule has 1 aromatic heterocycles. The number of hydrogen-bond acceptors (Lipinski definition) is 4. The summed E-state index contributed by atoms with van der Waals surface area (Å²) in [4.78, 5) is 14.4. The lowest BCUT2D eigenvalue weighted by Crippen LogP contribution is -2.40. The molecular weight excluding hydrogens is 256 g/mol. The molecule has 110 valence electrons. The normalized spacial score (nSPS) is 23.1. The van der Waals surface area contributed by atoms with E-state index in [1.54, 1.807) is 0 Å². The van der Waals surface area contributed by atoms with E-state index in [-0.39, 0.29) is 12.5 Å². The molecule has 1 aromatic rings. The van der Waals surface area contributed by atoms with Gasteiger partial charge in [0, 0.05) is 25.6 Å². The number of rotatable bonds is 4. The Bertz CT molecular complexity index is 493. The van der Waals surface area contributed by atoms with Gasteiger partial charge in [0.2, 0.25) is 0 Å². The number of nitrogens with zero attached hydrogens (tertiary/aromatic N) is 2. The van der Waals surface area contributed by atoms with Gasteiger partial charge in [-0.05, 0) is 38.0 Å². The molecule has 2 fully saturated rings. The van der Waals surface area contributed by atoms with Gasteiger partial charge in [-0.3, -0.25) is 9.89 Å². The van der Waals surface area contributed by atoms with E-state index < -0.39 is 0 Å². The van der Waals surface area contributed by atoms with E-state index in [0.717, 1.165) is 44.3 Å². The van der Waals surface area contributed by atoms with E-state index in [1.165, 1.54) is 0 Å². The van der Waals surface area contributed by atoms with E-state index in [9.17, 15) is 4.79 Å². The van der Waals surface area contributed by atoms with Gasteiger partial charge >= 0.3 is 0 Å². The second-order valence-corrected chi connectivity index (χ2v) is 5.95. The molecule has 6 heteroatoms. The Balaban J connectivity index is 1.71. The summed E-state index contributed by atoms with van der Waals surface area (Å²) in [5.41, 5.74) is 7.89. The second kappa shape index (κ2) is 5.44. The number of aliphatic hydroxyl groups is 1. The maximum atomic E-state index is 12.5. The summed E-state index contributed by atoms with van der Waals surface area (Å²) < 4.78 is 0. The van der Waals surface area contributed by atoms with Crippen molar-refractivity contribution in [1.29, 1.82) is 0 Å². The molecule has 1 atom stereocenters. The third-order valence-corrected chi connectivity index (χ3v) is 4.37. The number of amides is 1. The molecule has 0 aromatic carbocycles. The van der Waals surface area contributed by atoms with Gasteiger partial charge in [0.15, 0.2) is 5.69 Å². The highest BCUT2D eigenvalue weighted by molar-refractivity contribution is 5.97. The molecule has 2 aliphatic rings. The fourth-order valence-electron chi connectivity index (χ4n) is 3.03. The van der Waals surface area contributed by atoms with E-state index in [0.29, 0.717) is 29.8 Å². The topological polar surface area (TPSA) is 95.2 Å². The van der Waals surface area contributed by atoms with Crippen LogP contribution in [-0.4, -0.2) is 45.8 Å². The minimum Gasteiger partial charge on any atom is -0.396 e. The van der Waals surface area contributed by atoms with Crippen molar-refractivity contribution in [3.05, 3.63) is 11.4 Å². The van der Waals surface area contributed by atoms with Gasteiger partial charge in [0.1, 0.15) is 0 Å². The first kappa shape index (κ1) is 13.4. The zero-order valence-electron chi connectivity index (χ0n) is 11.6. The van der Waals surface area contributed by atoms with Gasteiger partial charge in [-0.2, -0.15) is 5.10 Å². The zero-order valence-corrected chi connectivity index (χ0v) is 11.6. The average molecular weight is 278 g/mol. The van der Waals surface area contributed by atoms with Crippen LogP contribution in [-0.2, 0) is 0 Å². The van der Waals surface area contributed by atoms with Crippen LogP contribution in [0.15, 0.2) is 0 Å². The monoisotopic (exact) mass is 278 g/mol. The molecule has 2 heterocycles. The third-order valence-electron chi connectivity index (χ3n) is 4.37. The summed E-state index contributed by atoms with van der Waals surface area (Å²) in [6, 6.07) is 0. The zero-order chi connectivity index (χ0) is 14.1. The van der Waals surface area contributed by atoms with E-state index >= 15 is 0 Å². The van der Waals surface area contributed by atoms with Crippen LogP contribution in [0.5, 0.6) is 0 Å². The predicted molar refractivity (Wildman–Crippen MR) is 75.3 cm³/mol. The Morgan fingerprint density at radius 3 is 2.95 bits per heavy atom. The minimum absolute atomic E-state index is 0.0757. The van der Waals surface area contributed by atoms with E-state index in [4.69, 9.17) is 10.8 Å². The molecule has 20 heavy (non-hydrogen) atoms. The first-order chi connectivity index (χ1) is 9.70. The average Bonchev–Trinajstić information content (AvgIpc) is 3.22. The van der Waals surface area contributed by atoms with Crippen molar-refractivity contribution in [1.82, 2.24) is 15.1 Å². The van der Waals surface area contributed by atoms with Gasteiger partial charge in [-0.1, -0.05) is 0 Å². The number of aromatic nitrogens is 2. The number of nitrogen functional groups attached to an aromatic ring is 1. The van der Waals surface area contributed by atoms with Crippen molar-refractivity contribution >= 4 is 11.6 Å². The van der Waals surface area contributed by atoms with Crippen molar-refractivity contribution in [2.24, 2.45) is 5.92 Å². The van der Waals surface area contributed by atoms with Crippen molar-refractivity contribution in [3.8, 4) is 0 Å². The van der Waals surface area contributed by atoms with Crippen LogP contribution in [0.4, 0.5) is 5.69 Å². The number of anilines is 1. The molecule has 1 aliphatic heterocycles. The summed E-state index contributed by atoms with van der Waals surface area (Å²) >= 11 is 0. The number of carbonyl (C=O) groups excluding carboxylic acids is 1. The number of H-pyrrole nitrogens is 1. The number of nitrogens with one attached hydrogen (secondary N) is 1. The van der Waals surface area contributed by atoms with E-state index in [2.05, 4.69) is 10.2 Å². The second-order valence-electron chi connectivity index (χ2n) is 5.95. The number of hydrogen-bond donors (Lipinski definition) is 3. The molecule has 0 spiro atoms. The Hall–Kier alpha value is -1.56. The van der Waals surface area contributed by atoms with Crippen molar-refractivity contribution in [3.63, 3.8) is 0 Å². The fourth-order valence-corrected chi connectivity index (χ4v) is 3.03. The van der Waals surface area contributed by atoms with Gasteiger partial charge < -0.3 is 15.7 Å². The van der Waals surface area contributed by atoms with Crippen LogP contribution in [0.25, 0.3) is 0 Å². The van der Waals surface area contributed by atoms with Gasteiger partial charge in [-0.15, -0.1) is 0 Å². The Morgan fingerprint density at radius 1 is 1.45 bits per heavy atom. The van der Waals surface area contributed by atoms with Crippen LogP contribution in [0, 0.1) is 5.92 Å². The van der Waals surface area contributed by atoms with Gasteiger partial charge in [0.25, 0.3) is 5.91 Å². The SMILES string of the molecule is Nc1c(C(=O)N2CCCC(CCO)C2)n[nH]c1C1CC1. The molecule has 1 saturated heterocycles. The van der Waals surface area contributed by atoms with Crippen LogP contribution in [0.1, 0.15) is 54.2 Å². The fraction of sp³-hybridized carbons (Fsp3) is 0.714. The first-order valence-corrected chi connectivity index (χ1v) is 7.44. The summed E-state index contributed by atoms with van der Waals surface area (Å²) in [5, 5.41) is 16.1. The number of aliphatic hydroxyl groups excluding tert-OH is 1. The molecule has 1 saturated carbocycles. The molecule has 4 N–H and O–H groups in total. The molecule has 1 aliphatic carbocycles. The first-order valence-electron chi connectivity index (χ1n) is 7.44. The predicted octanol–water partition coefficient (Wildman–Crippen LogP) is 1.10. The Morgan fingerprint density at radius 2 is 2.25 bits per heavy atom. The van der Waals surface area contributed by atoms with Crippen molar-refractivity contribution < 1.29 is 9.90 Å². The summed E-state index contributed by atoms with van der Waals surface area (Å²) in [7, 11) is 0. The molecule has 3 rings (SSSR count). The summed E-state index contributed by atoms with van der Waals surface area (Å²) in [6.45, 7) is 1.64. The lowest BCUT2D eigenvalue weighted by Gasteiger charge is -2.32. The van der Waals surface area contributed by atoms with Crippen LogP contribution >= 0.6 is 0 Å². The highest BCUT2D eigenvalue weighted by Crippen LogP contribution is 2.42. The molecule has 6 nitrogen and oxygen atoms in total. The molecule has 1 unspecified atom stereocenters. The summed E-state index contributed by atoms with van der Waals surface area (Å²) in [5.74, 6) is 0.779. The quantitative estimate of drug-likeness (QED) is 0.768. The van der Waals surface area contributed by atoms with Crippen molar-refractivity contribution in [2.45, 2.75) is 38.0 Å². The van der Waals surface area contributed by atoms with E-state index in [1.807, 2.05) is 4.90 Å². The van der Waals surface area contributed by atoms with Crippen LogP contribution < -0.4 is 5.73 Å². The van der Waals surface area contributed by atoms with Gasteiger partial charge in [-0.25, -0.2) is 0 Å². The Kier molecular flexibility index (Phi) is 3.65. The van der Waals surface area contributed by atoms with Crippen molar-refractivity contribution in [2.75, 3.05) is 25.4 Å². The minimum atomic E-state index is -0.0757. The summed E-state index contributed by atoms with van der Waals surface area (Å²) in [6.07, 6.45) is 5.07. The third kappa shape index (κ3) is 2.52. The molecular formula is C14H22N4O2. The standard InChI is InChI=1S/C14H22N4O2/c15-11-12(10-3-4-10)16-17-13(11)14(20)18-6-1-2-9(8-18)5-7-19/h9-10,19H,1-8,15H2,(H,16,17). The number of carbonyl (C=O) groups is 1. The number of piperidine rings is 1. The largest absolute Gasteiger partial charge is 0.396 e. The number of nitrogens with two attached hydrogens (primary N) is 1. The Labute approximate surface area is 118 Å². The molecule has 0 bridgehead atoms. The molecule has 1 amide bonds. The van der Waals surface area contributed by atoms with Gasteiger partial charge in [0.05, 0.1) is 11.4 Å². The van der Waals surface area contributed by atoms with Crippen LogP contribution in [0.2, 0.25) is 0 Å². The maximum Gasteiger partial charge on any atom is 0.276 e. The van der Waals surface area contributed by atoms with Crippen LogP contribution in [0.3, 0.4) is 0 Å². The maximum absolute atomic E-state index is 12.5. The number of aromatic amines is 1. The highest BCUT2D eigenvalue weighted by Gasteiger charge is 2.32. The lowest BCUT2D eigenvalue weighted by molar-refractivity contribution is 0.0649. The number of likely N-dealkylation sites (tertiary alicyclic amines) is 1.